The predicted octanol–water partition coefficient (Wildman–Crippen LogP) is 4.35. The van der Waals surface area contributed by atoms with Gasteiger partial charge in [0, 0.05) is 11.5 Å². The first kappa shape index (κ1) is 15.7. The van der Waals surface area contributed by atoms with Gasteiger partial charge in [-0.25, -0.2) is 4.39 Å². The van der Waals surface area contributed by atoms with Crippen molar-refractivity contribution in [3.63, 3.8) is 0 Å². The third-order valence-electron chi connectivity index (χ3n) is 3.60. The van der Waals surface area contributed by atoms with Crippen LogP contribution in [0.4, 0.5) is 4.39 Å². The van der Waals surface area contributed by atoms with Crippen molar-refractivity contribution in [1.29, 1.82) is 0 Å². The predicted molar refractivity (Wildman–Crippen MR) is 85.4 cm³/mol. The third-order valence-corrected chi connectivity index (χ3v) is 4.12. The molecule has 0 spiro atoms. The number of hydrogen-bond acceptors (Lipinski definition) is 1. The van der Waals surface area contributed by atoms with Crippen LogP contribution in [0.2, 0.25) is 0 Å². The van der Waals surface area contributed by atoms with Crippen LogP contribution in [0.25, 0.3) is 0 Å². The molecule has 0 saturated carbocycles. The lowest BCUT2D eigenvalue weighted by atomic mass is 10.1. The first-order valence-corrected chi connectivity index (χ1v) is 7.52. The van der Waals surface area contributed by atoms with Crippen LogP contribution in [0.5, 0.6) is 0 Å². The zero-order valence-corrected chi connectivity index (χ0v) is 13.6. The van der Waals surface area contributed by atoms with Crippen LogP contribution in [-0.4, -0.2) is 17.9 Å². The summed E-state index contributed by atoms with van der Waals surface area (Å²) in [7, 11) is 1.77. The van der Waals surface area contributed by atoms with Crippen molar-refractivity contribution in [3.8, 4) is 0 Å². The van der Waals surface area contributed by atoms with Gasteiger partial charge >= 0.3 is 0 Å². The topological polar surface area (TPSA) is 20.3 Å². The quantitative estimate of drug-likeness (QED) is 0.803. The van der Waals surface area contributed by atoms with Crippen LogP contribution in [0.1, 0.15) is 24.1 Å². The molecule has 0 bridgehead atoms. The zero-order chi connectivity index (χ0) is 15.4. The van der Waals surface area contributed by atoms with E-state index in [9.17, 15) is 9.18 Å². The van der Waals surface area contributed by atoms with Gasteiger partial charge < -0.3 is 4.90 Å². The SMILES string of the molecule is CC(c1ccc(F)cc1)N(C)C(=O)Cc1ccc(Br)cc1. The molecule has 1 unspecified atom stereocenters. The standard InChI is InChI=1S/C17H17BrFNO/c1-12(14-5-9-16(19)10-6-14)20(2)17(21)11-13-3-7-15(18)8-4-13/h3-10,12H,11H2,1-2H3. The molecule has 2 aromatic carbocycles. The van der Waals surface area contributed by atoms with Gasteiger partial charge in [0.2, 0.25) is 5.91 Å². The zero-order valence-electron chi connectivity index (χ0n) is 12.0. The maximum absolute atomic E-state index is 12.9. The Morgan fingerprint density at radius 2 is 1.71 bits per heavy atom. The molecular weight excluding hydrogens is 333 g/mol. The Kier molecular flexibility index (Phi) is 5.12. The van der Waals surface area contributed by atoms with Crippen LogP contribution >= 0.6 is 15.9 Å². The van der Waals surface area contributed by atoms with Crippen LogP contribution in [0.3, 0.4) is 0 Å². The summed E-state index contributed by atoms with van der Waals surface area (Å²) >= 11 is 3.37. The van der Waals surface area contributed by atoms with E-state index in [2.05, 4.69) is 15.9 Å². The molecule has 0 aromatic heterocycles. The summed E-state index contributed by atoms with van der Waals surface area (Å²) in [5.41, 5.74) is 1.89. The Hall–Kier alpha value is -1.68. The first-order chi connectivity index (χ1) is 9.97. The van der Waals surface area contributed by atoms with E-state index in [-0.39, 0.29) is 17.8 Å². The Morgan fingerprint density at radius 1 is 1.14 bits per heavy atom. The van der Waals surface area contributed by atoms with Gasteiger partial charge in [-0.05, 0) is 42.3 Å². The maximum Gasteiger partial charge on any atom is 0.227 e. The van der Waals surface area contributed by atoms with Gasteiger partial charge in [0.1, 0.15) is 5.82 Å². The van der Waals surface area contributed by atoms with Crippen molar-refractivity contribution in [2.24, 2.45) is 0 Å². The smallest absolute Gasteiger partial charge is 0.227 e. The summed E-state index contributed by atoms with van der Waals surface area (Å²) in [5.74, 6) is -0.232. The summed E-state index contributed by atoms with van der Waals surface area (Å²) in [5, 5.41) is 0. The fourth-order valence-electron chi connectivity index (χ4n) is 2.08. The molecule has 21 heavy (non-hydrogen) atoms. The highest BCUT2D eigenvalue weighted by Crippen LogP contribution is 2.20. The van der Waals surface area contributed by atoms with E-state index >= 15 is 0 Å². The maximum atomic E-state index is 12.9. The molecule has 110 valence electrons. The average molecular weight is 350 g/mol. The second-order valence-corrected chi connectivity index (χ2v) is 5.95. The lowest BCUT2D eigenvalue weighted by Gasteiger charge is -2.25. The van der Waals surface area contributed by atoms with Gasteiger partial charge in [-0.3, -0.25) is 4.79 Å². The van der Waals surface area contributed by atoms with E-state index in [1.54, 1.807) is 24.1 Å². The molecule has 0 N–H and O–H groups in total. The van der Waals surface area contributed by atoms with E-state index in [4.69, 9.17) is 0 Å². The highest BCUT2D eigenvalue weighted by molar-refractivity contribution is 9.10. The number of amides is 1. The Balaban J connectivity index is 2.04. The molecule has 0 saturated heterocycles. The molecule has 2 nitrogen and oxygen atoms in total. The summed E-state index contributed by atoms with van der Waals surface area (Å²) in [6.45, 7) is 1.94. The minimum Gasteiger partial charge on any atom is -0.339 e. The molecule has 4 heteroatoms. The average Bonchev–Trinajstić information content (AvgIpc) is 2.49. The summed E-state index contributed by atoms with van der Waals surface area (Å²) in [6.07, 6.45) is 0.356. The van der Waals surface area contributed by atoms with E-state index in [0.717, 1.165) is 15.6 Å². The molecule has 1 amide bonds. The van der Waals surface area contributed by atoms with Crippen LogP contribution < -0.4 is 0 Å². The molecule has 2 rings (SSSR count). The summed E-state index contributed by atoms with van der Waals surface area (Å²) < 4.78 is 13.9. The van der Waals surface area contributed by atoms with E-state index in [0.29, 0.717) is 6.42 Å². The number of carbonyl (C=O) groups excluding carboxylic acids is 1. The normalized spacial score (nSPS) is 12.0. The minimum absolute atomic E-state index is 0.0362. The Bertz CT molecular complexity index is 610. The number of likely N-dealkylation sites (N-methyl/N-ethyl adjacent to an activating group) is 1. The van der Waals surface area contributed by atoms with Gasteiger partial charge in [-0.1, -0.05) is 40.2 Å². The molecule has 0 fully saturated rings. The molecule has 0 aliphatic rings. The van der Waals surface area contributed by atoms with Crippen LogP contribution in [-0.2, 0) is 11.2 Å². The van der Waals surface area contributed by atoms with Crippen LogP contribution in [0.15, 0.2) is 53.0 Å². The van der Waals surface area contributed by atoms with Crippen molar-refractivity contribution in [2.75, 3.05) is 7.05 Å². The van der Waals surface area contributed by atoms with Gasteiger partial charge in [-0.2, -0.15) is 0 Å². The van der Waals surface area contributed by atoms with Gasteiger partial charge in [0.15, 0.2) is 0 Å². The first-order valence-electron chi connectivity index (χ1n) is 6.73. The molecule has 0 radical (unpaired) electrons. The highest BCUT2D eigenvalue weighted by Gasteiger charge is 2.17. The van der Waals surface area contributed by atoms with Gasteiger partial charge in [0.25, 0.3) is 0 Å². The van der Waals surface area contributed by atoms with Crippen LogP contribution in [0, 0.1) is 5.82 Å². The molecule has 2 aromatic rings. The molecule has 1 atom stereocenters. The number of halogens is 2. The van der Waals surface area contributed by atoms with E-state index in [1.165, 1.54) is 12.1 Å². The van der Waals surface area contributed by atoms with Crippen molar-refractivity contribution in [3.05, 3.63) is 69.9 Å². The van der Waals surface area contributed by atoms with E-state index in [1.807, 2.05) is 31.2 Å². The molecular formula is C17H17BrFNO. The van der Waals surface area contributed by atoms with Crippen molar-refractivity contribution < 1.29 is 9.18 Å². The molecule has 0 heterocycles. The van der Waals surface area contributed by atoms with Crippen molar-refractivity contribution >= 4 is 21.8 Å². The number of carbonyl (C=O) groups is 1. The molecule has 0 aliphatic carbocycles. The largest absolute Gasteiger partial charge is 0.339 e. The van der Waals surface area contributed by atoms with Gasteiger partial charge in [-0.15, -0.1) is 0 Å². The fraction of sp³-hybridized carbons (Fsp3) is 0.235. The monoisotopic (exact) mass is 349 g/mol. The Morgan fingerprint density at radius 3 is 2.29 bits per heavy atom. The third kappa shape index (κ3) is 4.14. The van der Waals surface area contributed by atoms with Crippen molar-refractivity contribution in [1.82, 2.24) is 4.90 Å². The summed E-state index contributed by atoms with van der Waals surface area (Å²) in [4.78, 5) is 14.0. The van der Waals surface area contributed by atoms with Gasteiger partial charge in [0.05, 0.1) is 12.5 Å². The van der Waals surface area contributed by atoms with E-state index < -0.39 is 0 Å². The Labute approximate surface area is 132 Å². The minimum atomic E-state index is -0.269. The second kappa shape index (κ2) is 6.85. The number of rotatable bonds is 4. The fourth-order valence-corrected chi connectivity index (χ4v) is 2.35. The lowest BCUT2D eigenvalue weighted by molar-refractivity contribution is -0.131. The lowest BCUT2D eigenvalue weighted by Crippen LogP contribution is -2.30. The number of benzene rings is 2. The summed E-state index contributed by atoms with van der Waals surface area (Å²) in [6, 6.07) is 13.9. The second-order valence-electron chi connectivity index (χ2n) is 5.04. The molecule has 0 aliphatic heterocycles. The highest BCUT2D eigenvalue weighted by atomic mass is 79.9. The van der Waals surface area contributed by atoms with Crippen molar-refractivity contribution in [2.45, 2.75) is 19.4 Å². The number of nitrogens with zero attached hydrogens (tertiary/aromatic N) is 1. The number of hydrogen-bond donors (Lipinski definition) is 0.